The van der Waals surface area contributed by atoms with Crippen LogP contribution in [0.5, 0.6) is 0 Å². The zero-order valence-corrected chi connectivity index (χ0v) is 11.9. The zero-order valence-electron chi connectivity index (χ0n) is 9.60. The first-order valence-corrected chi connectivity index (χ1v) is 6.66. The lowest BCUT2D eigenvalue weighted by Gasteiger charge is -2.04. The van der Waals surface area contributed by atoms with E-state index in [1.165, 1.54) is 0 Å². The minimum Gasteiger partial charge on any atom is -0.331 e. The molecule has 0 amide bonds. The van der Waals surface area contributed by atoms with E-state index in [0.29, 0.717) is 21.4 Å². The molecule has 1 aromatic carbocycles. The van der Waals surface area contributed by atoms with Crippen molar-refractivity contribution in [1.29, 1.82) is 0 Å². The molecular formula is C12H8Cl2N4S. The number of halogens is 2. The first kappa shape index (κ1) is 12.6. The smallest absolute Gasteiger partial charge is 0.178 e. The molecule has 0 aliphatic carbocycles. The average molecular weight is 311 g/mol. The number of imidazole rings is 1. The summed E-state index contributed by atoms with van der Waals surface area (Å²) < 4.78 is 2.51. The van der Waals surface area contributed by atoms with Crippen molar-refractivity contribution in [2.75, 3.05) is 0 Å². The maximum atomic E-state index is 6.05. The number of aromatic nitrogens is 4. The molecule has 0 saturated carbocycles. The summed E-state index contributed by atoms with van der Waals surface area (Å²) in [4.78, 5) is 3.10. The van der Waals surface area contributed by atoms with Crippen LogP contribution in [-0.4, -0.2) is 19.7 Å². The molecular weight excluding hydrogens is 303 g/mol. The summed E-state index contributed by atoms with van der Waals surface area (Å²) in [5.41, 5.74) is 2.57. The van der Waals surface area contributed by atoms with Crippen molar-refractivity contribution in [2.45, 2.75) is 6.54 Å². The second-order valence-electron chi connectivity index (χ2n) is 4.01. The van der Waals surface area contributed by atoms with E-state index in [0.717, 1.165) is 16.7 Å². The van der Waals surface area contributed by atoms with Crippen LogP contribution in [0.3, 0.4) is 0 Å². The minimum absolute atomic E-state index is 0.496. The van der Waals surface area contributed by atoms with Gasteiger partial charge in [-0.05, 0) is 36.5 Å². The first-order valence-electron chi connectivity index (χ1n) is 5.49. The Balaban J connectivity index is 2.16. The van der Waals surface area contributed by atoms with Gasteiger partial charge < -0.3 is 9.55 Å². The van der Waals surface area contributed by atoms with Crippen LogP contribution in [0, 0.1) is 4.77 Å². The van der Waals surface area contributed by atoms with Crippen LogP contribution in [0.15, 0.2) is 30.5 Å². The van der Waals surface area contributed by atoms with Crippen LogP contribution < -0.4 is 0 Å². The Labute approximate surface area is 124 Å². The van der Waals surface area contributed by atoms with E-state index >= 15 is 0 Å². The number of fused-ring (bicyclic) bond motifs is 1. The van der Waals surface area contributed by atoms with E-state index in [-0.39, 0.29) is 0 Å². The van der Waals surface area contributed by atoms with E-state index in [9.17, 15) is 0 Å². The summed E-state index contributed by atoms with van der Waals surface area (Å²) in [5, 5.41) is 8.90. The molecule has 3 rings (SSSR count). The molecule has 1 N–H and O–H groups in total. The van der Waals surface area contributed by atoms with Gasteiger partial charge in [-0.3, -0.25) is 0 Å². The van der Waals surface area contributed by atoms with Gasteiger partial charge in [-0.15, -0.1) is 0 Å². The number of nitrogens with one attached hydrogen (secondary N) is 1. The molecule has 3 aromatic rings. The van der Waals surface area contributed by atoms with Crippen molar-refractivity contribution < 1.29 is 0 Å². The fourth-order valence-corrected chi connectivity index (χ4v) is 2.48. The number of hydrogen-bond donors (Lipinski definition) is 1. The Hall–Kier alpha value is -1.43. The lowest BCUT2D eigenvalue weighted by atomic mass is 10.3. The third kappa shape index (κ3) is 2.36. The highest BCUT2D eigenvalue weighted by Crippen LogP contribution is 2.27. The molecule has 0 atom stereocenters. The van der Waals surface area contributed by atoms with Crippen molar-refractivity contribution >= 4 is 46.5 Å². The summed E-state index contributed by atoms with van der Waals surface area (Å²) in [7, 11) is 0. The Morgan fingerprint density at radius 3 is 2.79 bits per heavy atom. The summed E-state index contributed by atoms with van der Waals surface area (Å²) >= 11 is 17.4. The van der Waals surface area contributed by atoms with Crippen molar-refractivity contribution in [2.24, 2.45) is 0 Å². The SMILES string of the molecule is S=c1[nH]c2cc(Cl)c(Cl)cc2n1Cc1cccnn1. The molecule has 2 aromatic heterocycles. The molecule has 0 radical (unpaired) electrons. The van der Waals surface area contributed by atoms with Gasteiger partial charge in [0.25, 0.3) is 0 Å². The van der Waals surface area contributed by atoms with Crippen LogP contribution in [0.2, 0.25) is 10.0 Å². The maximum Gasteiger partial charge on any atom is 0.178 e. The summed E-state index contributed by atoms with van der Waals surface area (Å²) in [6, 6.07) is 7.29. The monoisotopic (exact) mass is 310 g/mol. The number of hydrogen-bond acceptors (Lipinski definition) is 3. The molecule has 2 heterocycles. The molecule has 0 unspecified atom stereocenters. The molecule has 0 spiro atoms. The molecule has 4 nitrogen and oxygen atoms in total. The largest absolute Gasteiger partial charge is 0.331 e. The number of nitrogens with zero attached hydrogens (tertiary/aromatic N) is 3. The molecule has 0 bridgehead atoms. The Morgan fingerprint density at radius 1 is 1.26 bits per heavy atom. The van der Waals surface area contributed by atoms with Crippen LogP contribution in [-0.2, 0) is 6.54 Å². The van der Waals surface area contributed by atoms with Gasteiger partial charge in [0.2, 0.25) is 0 Å². The highest BCUT2D eigenvalue weighted by Gasteiger charge is 2.09. The summed E-state index contributed by atoms with van der Waals surface area (Å²) in [5.74, 6) is 0. The van der Waals surface area contributed by atoms with E-state index in [1.54, 1.807) is 18.3 Å². The Bertz CT molecular complexity index is 795. The Morgan fingerprint density at radius 2 is 2.05 bits per heavy atom. The standard InChI is InChI=1S/C12H8Cl2N4S/c13-8-4-10-11(5-9(8)14)18(12(19)16-10)6-7-2-1-3-15-17-7/h1-5H,6H2,(H,16,19). The number of H-pyrrole nitrogens is 1. The van der Waals surface area contributed by atoms with Crippen LogP contribution in [0.25, 0.3) is 11.0 Å². The summed E-state index contributed by atoms with van der Waals surface area (Å²) in [6.45, 7) is 0.532. The van der Waals surface area contributed by atoms with Gasteiger partial charge in [0.1, 0.15) is 0 Å². The van der Waals surface area contributed by atoms with E-state index in [4.69, 9.17) is 35.4 Å². The number of benzene rings is 1. The van der Waals surface area contributed by atoms with Gasteiger partial charge in [-0.2, -0.15) is 10.2 Å². The molecule has 0 aliphatic rings. The normalized spacial score (nSPS) is 11.1. The quantitative estimate of drug-likeness (QED) is 0.731. The fraction of sp³-hybridized carbons (Fsp3) is 0.0833. The highest BCUT2D eigenvalue weighted by atomic mass is 35.5. The fourth-order valence-electron chi connectivity index (χ4n) is 1.89. The number of rotatable bonds is 2. The second kappa shape index (κ2) is 4.92. The van der Waals surface area contributed by atoms with Crippen molar-refractivity contribution in [3.05, 3.63) is 51.0 Å². The molecule has 0 fully saturated rings. The average Bonchev–Trinajstić information content (AvgIpc) is 2.68. The second-order valence-corrected chi connectivity index (χ2v) is 5.22. The summed E-state index contributed by atoms with van der Waals surface area (Å²) in [6.07, 6.45) is 1.63. The molecule has 0 aliphatic heterocycles. The van der Waals surface area contributed by atoms with Gasteiger partial charge >= 0.3 is 0 Å². The molecule has 19 heavy (non-hydrogen) atoms. The third-order valence-corrected chi connectivity index (χ3v) is 3.81. The maximum absolute atomic E-state index is 6.05. The van der Waals surface area contributed by atoms with Gasteiger partial charge in [-0.25, -0.2) is 0 Å². The number of aromatic amines is 1. The molecule has 7 heteroatoms. The minimum atomic E-state index is 0.496. The third-order valence-electron chi connectivity index (χ3n) is 2.76. The van der Waals surface area contributed by atoms with Gasteiger partial charge in [-0.1, -0.05) is 23.2 Å². The molecule has 0 saturated heterocycles. The van der Waals surface area contributed by atoms with Crippen LogP contribution >= 0.6 is 35.4 Å². The molecule has 96 valence electrons. The van der Waals surface area contributed by atoms with Crippen LogP contribution in [0.4, 0.5) is 0 Å². The van der Waals surface area contributed by atoms with Gasteiger partial charge in [0, 0.05) is 6.20 Å². The topological polar surface area (TPSA) is 46.5 Å². The van der Waals surface area contributed by atoms with Crippen molar-refractivity contribution in [3.8, 4) is 0 Å². The Kier molecular flexibility index (Phi) is 3.26. The lowest BCUT2D eigenvalue weighted by molar-refractivity contribution is 0.762. The van der Waals surface area contributed by atoms with Gasteiger partial charge in [0.15, 0.2) is 4.77 Å². The van der Waals surface area contributed by atoms with E-state index in [2.05, 4.69) is 15.2 Å². The van der Waals surface area contributed by atoms with Crippen molar-refractivity contribution in [3.63, 3.8) is 0 Å². The van der Waals surface area contributed by atoms with Crippen molar-refractivity contribution in [1.82, 2.24) is 19.7 Å². The highest BCUT2D eigenvalue weighted by molar-refractivity contribution is 7.71. The predicted molar refractivity (Wildman–Crippen MR) is 78.3 cm³/mol. The predicted octanol–water partition coefficient (Wildman–Crippen LogP) is 3.84. The zero-order chi connectivity index (χ0) is 13.4. The van der Waals surface area contributed by atoms with Gasteiger partial charge in [0.05, 0.1) is 33.3 Å². The van der Waals surface area contributed by atoms with Crippen LogP contribution in [0.1, 0.15) is 5.69 Å². The lowest BCUT2D eigenvalue weighted by Crippen LogP contribution is -2.02. The first-order chi connectivity index (χ1) is 9.15. The van der Waals surface area contributed by atoms with E-state index < -0.39 is 0 Å². The van der Waals surface area contributed by atoms with E-state index in [1.807, 2.05) is 16.7 Å².